The molecule has 2 aliphatic heterocycles. The highest BCUT2D eigenvalue weighted by Gasteiger charge is 2.26. The van der Waals surface area contributed by atoms with Crippen LogP contribution in [0.25, 0.3) is 11.0 Å². The summed E-state index contributed by atoms with van der Waals surface area (Å²) in [6, 6.07) is 13.1. The second-order valence-electron chi connectivity index (χ2n) is 7.44. The maximum Gasteiger partial charge on any atom is 0.269 e. The molecule has 1 aromatic heterocycles. The maximum absolute atomic E-state index is 11.2. The molecule has 0 saturated carbocycles. The summed E-state index contributed by atoms with van der Waals surface area (Å²) in [6.45, 7) is 3.44. The molecule has 1 saturated heterocycles. The Balaban J connectivity index is 1.57. The number of aromatic nitrogens is 2. The van der Waals surface area contributed by atoms with Gasteiger partial charge in [-0.25, -0.2) is 9.97 Å². The van der Waals surface area contributed by atoms with Crippen molar-refractivity contribution in [2.45, 2.75) is 25.8 Å². The molecule has 7 nitrogen and oxygen atoms in total. The van der Waals surface area contributed by atoms with Crippen LogP contribution in [0.2, 0.25) is 0 Å². The van der Waals surface area contributed by atoms with Crippen molar-refractivity contribution in [2.24, 2.45) is 0 Å². The number of fused-ring (bicyclic) bond motifs is 2. The van der Waals surface area contributed by atoms with E-state index in [-0.39, 0.29) is 10.6 Å². The quantitative estimate of drug-likeness (QED) is 0.513. The molecule has 7 heteroatoms. The van der Waals surface area contributed by atoms with Crippen molar-refractivity contribution in [1.82, 2.24) is 9.97 Å². The van der Waals surface area contributed by atoms with Gasteiger partial charge in [0.25, 0.3) is 5.69 Å². The summed E-state index contributed by atoms with van der Waals surface area (Å²) < 4.78 is 0. The van der Waals surface area contributed by atoms with E-state index in [2.05, 4.69) is 9.80 Å². The number of nitrogens with zero attached hydrogens (tertiary/aromatic N) is 5. The van der Waals surface area contributed by atoms with Crippen LogP contribution in [0.15, 0.2) is 42.5 Å². The number of nitro benzene ring substituents is 1. The summed E-state index contributed by atoms with van der Waals surface area (Å²) in [5.74, 6) is 1.82. The van der Waals surface area contributed by atoms with Gasteiger partial charge in [-0.1, -0.05) is 18.2 Å². The minimum atomic E-state index is -0.329. The first-order chi connectivity index (χ1) is 13.7. The summed E-state index contributed by atoms with van der Waals surface area (Å²) in [5, 5.41) is 11.2. The molecule has 0 unspecified atom stereocenters. The molecule has 0 bridgehead atoms. The number of para-hydroxylation sites is 2. The van der Waals surface area contributed by atoms with Crippen molar-refractivity contribution in [2.75, 3.05) is 29.4 Å². The number of hydrogen-bond acceptors (Lipinski definition) is 6. The third kappa shape index (κ3) is 2.93. The molecule has 142 valence electrons. The number of hydrogen-bond donors (Lipinski definition) is 0. The molecule has 3 aromatic rings. The van der Waals surface area contributed by atoms with E-state index >= 15 is 0 Å². The van der Waals surface area contributed by atoms with Crippen molar-refractivity contribution in [3.05, 3.63) is 63.7 Å². The molecule has 0 atom stereocenters. The van der Waals surface area contributed by atoms with Crippen LogP contribution >= 0.6 is 0 Å². The van der Waals surface area contributed by atoms with Crippen molar-refractivity contribution < 1.29 is 4.92 Å². The van der Waals surface area contributed by atoms with E-state index in [1.807, 2.05) is 30.3 Å². The van der Waals surface area contributed by atoms with Crippen LogP contribution in [0.4, 0.5) is 17.3 Å². The number of benzene rings is 2. The maximum atomic E-state index is 11.2. The van der Waals surface area contributed by atoms with E-state index in [1.165, 1.54) is 18.4 Å². The largest absolute Gasteiger partial charge is 0.354 e. The Hall–Kier alpha value is -3.22. The van der Waals surface area contributed by atoms with E-state index in [0.717, 1.165) is 54.3 Å². The lowest BCUT2D eigenvalue weighted by molar-refractivity contribution is -0.384. The Labute approximate surface area is 162 Å². The van der Waals surface area contributed by atoms with Gasteiger partial charge in [0.2, 0.25) is 0 Å². The van der Waals surface area contributed by atoms with E-state index in [9.17, 15) is 10.1 Å². The van der Waals surface area contributed by atoms with Crippen LogP contribution in [0.5, 0.6) is 0 Å². The van der Waals surface area contributed by atoms with Gasteiger partial charge in [-0.3, -0.25) is 10.1 Å². The highest BCUT2D eigenvalue weighted by Crippen LogP contribution is 2.34. The van der Waals surface area contributed by atoms with E-state index < -0.39 is 0 Å². The monoisotopic (exact) mass is 375 g/mol. The molecule has 2 aromatic carbocycles. The Kier molecular flexibility index (Phi) is 4.07. The van der Waals surface area contributed by atoms with Crippen molar-refractivity contribution in [3.63, 3.8) is 0 Å². The Morgan fingerprint density at radius 1 is 0.857 bits per heavy atom. The van der Waals surface area contributed by atoms with Gasteiger partial charge in [0.05, 0.1) is 16.0 Å². The average Bonchev–Trinajstić information content (AvgIpc) is 3.26. The SMILES string of the molecule is O=[N+]([O-])c1ccc2c(c1)CN(c1nc3ccccc3nc1N1CCCC1)CC2. The lowest BCUT2D eigenvalue weighted by Crippen LogP contribution is -2.33. The molecule has 0 N–H and O–H groups in total. The highest BCUT2D eigenvalue weighted by atomic mass is 16.6. The predicted octanol–water partition coefficient (Wildman–Crippen LogP) is 3.70. The zero-order valence-electron chi connectivity index (χ0n) is 15.5. The van der Waals surface area contributed by atoms with E-state index in [4.69, 9.17) is 9.97 Å². The summed E-state index contributed by atoms with van der Waals surface area (Å²) in [6.07, 6.45) is 3.19. The summed E-state index contributed by atoms with van der Waals surface area (Å²) >= 11 is 0. The fourth-order valence-corrected chi connectivity index (χ4v) is 4.17. The van der Waals surface area contributed by atoms with Crippen LogP contribution in [-0.2, 0) is 13.0 Å². The average molecular weight is 375 g/mol. The molecular weight excluding hydrogens is 354 g/mol. The number of nitro groups is 1. The summed E-state index contributed by atoms with van der Waals surface area (Å²) in [4.78, 5) is 25.3. The first-order valence-corrected chi connectivity index (χ1v) is 9.72. The zero-order chi connectivity index (χ0) is 19.1. The van der Waals surface area contributed by atoms with Gasteiger partial charge in [0.1, 0.15) is 0 Å². The predicted molar refractivity (Wildman–Crippen MR) is 109 cm³/mol. The molecule has 0 aliphatic carbocycles. The molecule has 0 radical (unpaired) electrons. The molecule has 0 spiro atoms. The molecule has 3 heterocycles. The first-order valence-electron chi connectivity index (χ1n) is 9.72. The van der Waals surface area contributed by atoms with Crippen LogP contribution in [0.1, 0.15) is 24.0 Å². The number of rotatable bonds is 3. The van der Waals surface area contributed by atoms with Gasteiger partial charge in [-0.15, -0.1) is 0 Å². The fraction of sp³-hybridized carbons (Fsp3) is 0.333. The molecule has 5 rings (SSSR count). The third-order valence-electron chi connectivity index (χ3n) is 5.65. The standard InChI is InChI=1S/C21H21N5O2/c27-26(28)17-8-7-15-9-12-25(14-16(15)13-17)21-20(24-10-3-4-11-24)22-18-5-1-2-6-19(18)23-21/h1-2,5-8,13H,3-4,9-12,14H2. The topological polar surface area (TPSA) is 75.4 Å². The van der Waals surface area contributed by atoms with Crippen LogP contribution < -0.4 is 9.80 Å². The molecular formula is C21H21N5O2. The Morgan fingerprint density at radius 2 is 1.54 bits per heavy atom. The smallest absolute Gasteiger partial charge is 0.269 e. The molecule has 0 amide bonds. The first kappa shape index (κ1) is 16.9. The normalized spacial score (nSPS) is 16.4. The van der Waals surface area contributed by atoms with Crippen LogP contribution in [-0.4, -0.2) is 34.5 Å². The van der Waals surface area contributed by atoms with Gasteiger partial charge in [-0.05, 0) is 42.5 Å². The zero-order valence-corrected chi connectivity index (χ0v) is 15.5. The number of anilines is 2. The second-order valence-corrected chi connectivity index (χ2v) is 7.44. The Morgan fingerprint density at radius 3 is 2.21 bits per heavy atom. The van der Waals surface area contributed by atoms with E-state index in [0.29, 0.717) is 6.54 Å². The van der Waals surface area contributed by atoms with Crippen molar-refractivity contribution in [1.29, 1.82) is 0 Å². The summed E-state index contributed by atoms with van der Waals surface area (Å²) in [5.41, 5.74) is 4.11. The van der Waals surface area contributed by atoms with Crippen LogP contribution in [0, 0.1) is 10.1 Å². The summed E-state index contributed by atoms with van der Waals surface area (Å²) in [7, 11) is 0. The van der Waals surface area contributed by atoms with Crippen molar-refractivity contribution >= 4 is 28.4 Å². The van der Waals surface area contributed by atoms with Crippen molar-refractivity contribution in [3.8, 4) is 0 Å². The minimum absolute atomic E-state index is 0.143. The lowest BCUT2D eigenvalue weighted by atomic mass is 9.99. The fourth-order valence-electron chi connectivity index (χ4n) is 4.17. The van der Waals surface area contributed by atoms with Gasteiger partial charge in [0, 0.05) is 38.3 Å². The minimum Gasteiger partial charge on any atom is -0.354 e. The van der Waals surface area contributed by atoms with Crippen LogP contribution in [0.3, 0.4) is 0 Å². The third-order valence-corrected chi connectivity index (χ3v) is 5.65. The number of non-ortho nitro benzene ring substituents is 1. The lowest BCUT2D eigenvalue weighted by Gasteiger charge is -2.32. The molecule has 2 aliphatic rings. The van der Waals surface area contributed by atoms with Gasteiger partial charge in [-0.2, -0.15) is 0 Å². The molecule has 1 fully saturated rings. The van der Waals surface area contributed by atoms with E-state index in [1.54, 1.807) is 12.1 Å². The van der Waals surface area contributed by atoms with Gasteiger partial charge >= 0.3 is 0 Å². The highest BCUT2D eigenvalue weighted by molar-refractivity contribution is 5.81. The second kappa shape index (κ2) is 6.74. The van der Waals surface area contributed by atoms with Gasteiger partial charge in [0.15, 0.2) is 11.6 Å². The van der Waals surface area contributed by atoms with Gasteiger partial charge < -0.3 is 9.80 Å². The Bertz CT molecular complexity index is 1060. The molecule has 28 heavy (non-hydrogen) atoms.